The number of hydrogen-bond acceptors (Lipinski definition) is 7. The first-order valence-electron chi connectivity index (χ1n) is 11.0. The molecule has 2 fully saturated rings. The van der Waals surface area contributed by atoms with Crippen LogP contribution in [0, 0.1) is 24.6 Å². The molecule has 34 heavy (non-hydrogen) atoms. The second-order valence-electron chi connectivity index (χ2n) is 8.74. The van der Waals surface area contributed by atoms with Crippen LogP contribution in [0.4, 0.5) is 29.3 Å². The third kappa shape index (κ3) is 4.90. The van der Waals surface area contributed by atoms with Crippen molar-refractivity contribution in [1.29, 1.82) is 0 Å². The van der Waals surface area contributed by atoms with Gasteiger partial charge in [0, 0.05) is 37.0 Å². The van der Waals surface area contributed by atoms with Crippen molar-refractivity contribution >= 4 is 11.8 Å². The fourth-order valence-corrected chi connectivity index (χ4v) is 4.78. The molecule has 0 amide bonds. The molecule has 0 unspecified atom stereocenters. The SMILES string of the molecule is Cc1cc(N2C[C@H]3CC[C@@H](C2)[C@@H]3Nc2nc(Oc3cccc(F)c3)n(CC(F)(F)F)n2)ncn1. The van der Waals surface area contributed by atoms with Crippen molar-refractivity contribution in [2.45, 2.75) is 38.5 Å². The van der Waals surface area contributed by atoms with Crippen LogP contribution >= 0.6 is 0 Å². The van der Waals surface area contributed by atoms with Gasteiger partial charge in [0.15, 0.2) is 0 Å². The van der Waals surface area contributed by atoms with Crippen molar-refractivity contribution < 1.29 is 22.3 Å². The molecule has 1 saturated carbocycles. The molecule has 3 aromatic rings. The highest BCUT2D eigenvalue weighted by molar-refractivity contribution is 5.42. The quantitative estimate of drug-likeness (QED) is 0.533. The van der Waals surface area contributed by atoms with Crippen molar-refractivity contribution in [3.8, 4) is 11.8 Å². The van der Waals surface area contributed by atoms with E-state index in [4.69, 9.17) is 4.74 Å². The molecule has 2 bridgehead atoms. The van der Waals surface area contributed by atoms with E-state index >= 15 is 0 Å². The number of anilines is 2. The molecule has 1 saturated heterocycles. The van der Waals surface area contributed by atoms with Gasteiger partial charge in [-0.05, 0) is 43.7 Å². The Bertz CT molecular complexity index is 1150. The van der Waals surface area contributed by atoms with Gasteiger partial charge in [0.1, 0.15) is 30.3 Å². The predicted octanol–water partition coefficient (Wildman–Crippen LogP) is 4.20. The van der Waals surface area contributed by atoms with Crippen molar-refractivity contribution in [3.63, 3.8) is 0 Å². The Morgan fingerprint density at radius 2 is 1.88 bits per heavy atom. The Labute approximate surface area is 193 Å². The van der Waals surface area contributed by atoms with E-state index in [2.05, 4.69) is 30.3 Å². The fourth-order valence-electron chi connectivity index (χ4n) is 4.78. The molecule has 3 heterocycles. The molecule has 0 radical (unpaired) electrons. The monoisotopic (exact) mass is 477 g/mol. The molecule has 1 aromatic carbocycles. The highest BCUT2D eigenvalue weighted by Crippen LogP contribution is 2.40. The number of piperidine rings is 1. The van der Waals surface area contributed by atoms with Crippen LogP contribution < -0.4 is 15.0 Å². The van der Waals surface area contributed by atoms with E-state index in [0.717, 1.165) is 43.5 Å². The highest BCUT2D eigenvalue weighted by atomic mass is 19.4. The summed E-state index contributed by atoms with van der Waals surface area (Å²) in [5.74, 6) is 0.924. The summed E-state index contributed by atoms with van der Waals surface area (Å²) in [7, 11) is 0. The van der Waals surface area contributed by atoms with E-state index in [1.807, 2.05) is 13.0 Å². The maximum Gasteiger partial charge on any atom is 0.408 e. The van der Waals surface area contributed by atoms with Crippen molar-refractivity contribution in [3.05, 3.63) is 48.2 Å². The molecule has 5 rings (SSSR count). The van der Waals surface area contributed by atoms with Gasteiger partial charge < -0.3 is 15.0 Å². The number of halogens is 4. The number of rotatable bonds is 6. The Kier molecular flexibility index (Phi) is 5.74. The summed E-state index contributed by atoms with van der Waals surface area (Å²) in [6.45, 7) is 2.08. The number of hydrogen-bond donors (Lipinski definition) is 1. The Morgan fingerprint density at radius 1 is 1.12 bits per heavy atom. The first kappa shape index (κ1) is 22.4. The number of nitrogens with one attached hydrogen (secondary N) is 1. The van der Waals surface area contributed by atoms with E-state index in [1.165, 1.54) is 18.2 Å². The summed E-state index contributed by atoms with van der Waals surface area (Å²) >= 11 is 0. The second kappa shape index (κ2) is 8.73. The number of aryl methyl sites for hydroxylation is 1. The normalized spacial score (nSPS) is 22.1. The Hall–Kier alpha value is -3.44. The summed E-state index contributed by atoms with van der Waals surface area (Å²) in [6, 6.07) is 6.74. The lowest BCUT2D eigenvalue weighted by Crippen LogP contribution is -2.48. The minimum absolute atomic E-state index is 0.0166. The van der Waals surface area contributed by atoms with Crippen molar-refractivity contribution in [1.82, 2.24) is 24.7 Å². The average molecular weight is 477 g/mol. The van der Waals surface area contributed by atoms with Crippen LogP contribution in [0.15, 0.2) is 36.7 Å². The van der Waals surface area contributed by atoms with Crippen LogP contribution in [0.25, 0.3) is 0 Å². The smallest absolute Gasteiger partial charge is 0.408 e. The lowest BCUT2D eigenvalue weighted by molar-refractivity contribution is -0.143. The summed E-state index contributed by atoms with van der Waals surface area (Å²) in [5.41, 5.74) is 0.892. The predicted molar refractivity (Wildman–Crippen MR) is 115 cm³/mol. The molecule has 1 aliphatic carbocycles. The maximum absolute atomic E-state index is 13.5. The molecular weight excluding hydrogens is 454 g/mol. The third-order valence-corrected chi connectivity index (χ3v) is 6.21. The molecule has 180 valence electrons. The topological polar surface area (TPSA) is 81.0 Å². The van der Waals surface area contributed by atoms with E-state index in [9.17, 15) is 17.6 Å². The van der Waals surface area contributed by atoms with E-state index < -0.39 is 18.5 Å². The summed E-state index contributed by atoms with van der Waals surface area (Å²) < 4.78 is 58.9. The molecule has 3 atom stereocenters. The van der Waals surface area contributed by atoms with Crippen LogP contribution in [0.2, 0.25) is 0 Å². The summed E-state index contributed by atoms with van der Waals surface area (Å²) in [6.07, 6.45) is -1.00. The molecule has 2 aliphatic rings. The van der Waals surface area contributed by atoms with Gasteiger partial charge in [-0.1, -0.05) is 6.07 Å². The third-order valence-electron chi connectivity index (χ3n) is 6.21. The number of alkyl halides is 3. The number of fused-ring (bicyclic) bond motifs is 2. The molecule has 1 aliphatic heterocycles. The lowest BCUT2D eigenvalue weighted by atomic mass is 9.92. The molecule has 8 nitrogen and oxygen atoms in total. The van der Waals surface area contributed by atoms with E-state index in [0.29, 0.717) is 4.68 Å². The minimum Gasteiger partial charge on any atom is -0.424 e. The van der Waals surface area contributed by atoms with Gasteiger partial charge in [-0.25, -0.2) is 19.0 Å². The average Bonchev–Trinajstić information content (AvgIpc) is 3.21. The van der Waals surface area contributed by atoms with E-state index in [1.54, 1.807) is 6.33 Å². The largest absolute Gasteiger partial charge is 0.424 e. The fraction of sp³-hybridized carbons (Fsp3) is 0.455. The second-order valence-corrected chi connectivity index (χ2v) is 8.74. The zero-order chi connectivity index (χ0) is 23.9. The first-order valence-corrected chi connectivity index (χ1v) is 11.0. The molecule has 12 heteroatoms. The zero-order valence-corrected chi connectivity index (χ0v) is 18.3. The van der Waals surface area contributed by atoms with E-state index in [-0.39, 0.29) is 35.6 Å². The molecular formula is C22H23F4N7O. The zero-order valence-electron chi connectivity index (χ0n) is 18.3. The van der Waals surface area contributed by atoms with Gasteiger partial charge in [0.05, 0.1) is 0 Å². The van der Waals surface area contributed by atoms with Gasteiger partial charge in [0.25, 0.3) is 0 Å². The number of aromatic nitrogens is 5. The van der Waals surface area contributed by atoms with Crippen molar-refractivity contribution in [2.24, 2.45) is 11.8 Å². The van der Waals surface area contributed by atoms with Crippen LogP contribution in [0.1, 0.15) is 18.5 Å². The van der Waals surface area contributed by atoms with Crippen LogP contribution in [0.5, 0.6) is 11.8 Å². The first-order chi connectivity index (χ1) is 16.2. The van der Waals surface area contributed by atoms with Crippen LogP contribution in [0.3, 0.4) is 0 Å². The lowest BCUT2D eigenvalue weighted by Gasteiger charge is -2.38. The van der Waals surface area contributed by atoms with Crippen LogP contribution in [-0.2, 0) is 6.54 Å². The van der Waals surface area contributed by atoms with Gasteiger partial charge in [0.2, 0.25) is 5.95 Å². The number of nitrogens with zero attached hydrogens (tertiary/aromatic N) is 6. The van der Waals surface area contributed by atoms with Gasteiger partial charge >= 0.3 is 12.2 Å². The van der Waals surface area contributed by atoms with Crippen LogP contribution in [-0.4, -0.2) is 50.0 Å². The number of benzene rings is 1. The maximum atomic E-state index is 13.5. The Balaban J connectivity index is 1.34. The van der Waals surface area contributed by atoms with Gasteiger partial charge in [-0.15, -0.1) is 5.10 Å². The summed E-state index contributed by atoms with van der Waals surface area (Å²) in [4.78, 5) is 14.9. The Morgan fingerprint density at radius 3 is 2.56 bits per heavy atom. The van der Waals surface area contributed by atoms with Gasteiger partial charge in [-0.2, -0.15) is 18.2 Å². The molecule has 2 aromatic heterocycles. The number of ether oxygens (including phenoxy) is 1. The highest BCUT2D eigenvalue weighted by Gasteiger charge is 2.43. The minimum atomic E-state index is -4.52. The van der Waals surface area contributed by atoms with Gasteiger partial charge in [-0.3, -0.25) is 0 Å². The summed E-state index contributed by atoms with van der Waals surface area (Å²) in [5, 5.41) is 7.26. The molecule has 0 spiro atoms. The molecule has 1 N–H and O–H groups in total. The van der Waals surface area contributed by atoms with Crippen molar-refractivity contribution in [2.75, 3.05) is 23.3 Å². The standard InChI is InChI=1S/C22H23F4N7O/c1-13-7-18(28-12-27-13)32-9-14-5-6-15(10-32)19(14)29-20-30-21(33(31-20)11-22(24,25)26)34-17-4-2-3-16(23)8-17/h2-4,7-8,12,14-15,19H,5-6,9-11H2,1H3,(H,29,31)/t14-,15+,19-.